The number of Topliss-reactive ketones (excluding diaryl/α,β-unsaturated/α-hetero) is 2. The summed E-state index contributed by atoms with van der Waals surface area (Å²) in [5.41, 5.74) is -1.26. The van der Waals surface area contributed by atoms with Gasteiger partial charge < -0.3 is 38.6 Å². The van der Waals surface area contributed by atoms with E-state index in [-0.39, 0.29) is 5.57 Å². The number of carbonyl (C=O) groups excluding carboxylic acids is 6. The van der Waals surface area contributed by atoms with Gasteiger partial charge in [-0.25, -0.2) is 0 Å². The SMILES string of the molecule is CC(=O)OC[C@H]1OC(OC2=C(C)C(=O)c3c(O)ccc(O)c3C2=O)[C@H](OC(C)=O)[C@@H](OC(C)=O)[C@@H]1OC(C)=O. The maximum Gasteiger partial charge on any atom is 0.303 e. The van der Waals surface area contributed by atoms with Crippen molar-refractivity contribution in [1.82, 2.24) is 0 Å². The molecule has 2 N–H and O–H groups in total. The Kier molecular flexibility index (Phi) is 8.59. The maximum absolute atomic E-state index is 13.3. The van der Waals surface area contributed by atoms with Gasteiger partial charge >= 0.3 is 23.9 Å². The van der Waals surface area contributed by atoms with Gasteiger partial charge in [-0.05, 0) is 19.1 Å². The highest BCUT2D eigenvalue weighted by Gasteiger charge is 2.54. The van der Waals surface area contributed by atoms with Crippen LogP contribution in [0.2, 0.25) is 0 Å². The number of phenolic OH excluding ortho intramolecular Hbond substituents is 2. The number of phenols is 2. The summed E-state index contributed by atoms with van der Waals surface area (Å²) in [6, 6.07) is 2.05. The number of esters is 4. The standard InChI is InChI=1S/C25H26O14/c1-9-19(32)17-14(30)6-7-15(31)18(17)20(33)21(9)39-25-24(37-13(5)29)23(36-12(4)28)22(35-11(3)27)16(38-25)8-34-10(2)26/h6-7,16,22-25,30-31H,8H2,1-5H3/t16-,22-,23+,24-,25?/m1/s1. The molecule has 0 radical (unpaired) electrons. The highest BCUT2D eigenvalue weighted by molar-refractivity contribution is 6.27. The van der Waals surface area contributed by atoms with Crippen LogP contribution in [0.3, 0.4) is 0 Å². The van der Waals surface area contributed by atoms with Gasteiger partial charge in [-0.1, -0.05) is 0 Å². The molecule has 1 heterocycles. The van der Waals surface area contributed by atoms with Crippen LogP contribution >= 0.6 is 0 Å². The first-order valence-corrected chi connectivity index (χ1v) is 11.5. The van der Waals surface area contributed by atoms with Crippen molar-refractivity contribution in [3.63, 3.8) is 0 Å². The third-order valence-corrected chi connectivity index (χ3v) is 5.69. The summed E-state index contributed by atoms with van der Waals surface area (Å²) in [5.74, 6) is -7.01. The first-order chi connectivity index (χ1) is 18.2. The van der Waals surface area contributed by atoms with E-state index in [1.807, 2.05) is 0 Å². The molecule has 2 aliphatic rings. The van der Waals surface area contributed by atoms with Crippen LogP contribution in [0.25, 0.3) is 0 Å². The fourth-order valence-electron chi connectivity index (χ4n) is 4.16. The maximum atomic E-state index is 13.3. The number of aromatic hydroxyl groups is 2. The van der Waals surface area contributed by atoms with Crippen molar-refractivity contribution in [2.24, 2.45) is 0 Å². The average molecular weight is 550 g/mol. The first kappa shape index (κ1) is 29.1. The van der Waals surface area contributed by atoms with Gasteiger partial charge in [0.05, 0.1) is 11.1 Å². The molecule has 0 spiro atoms. The van der Waals surface area contributed by atoms with Crippen molar-refractivity contribution >= 4 is 35.4 Å². The topological polar surface area (TPSA) is 198 Å². The zero-order valence-corrected chi connectivity index (χ0v) is 21.5. The van der Waals surface area contributed by atoms with E-state index in [0.29, 0.717) is 0 Å². The second-order valence-corrected chi connectivity index (χ2v) is 8.65. The van der Waals surface area contributed by atoms with Crippen molar-refractivity contribution < 1.29 is 67.4 Å². The predicted molar refractivity (Wildman–Crippen MR) is 124 cm³/mol. The van der Waals surface area contributed by atoms with Crippen molar-refractivity contribution in [2.75, 3.05) is 6.61 Å². The summed E-state index contributed by atoms with van der Waals surface area (Å²) in [7, 11) is 0. The van der Waals surface area contributed by atoms with E-state index in [2.05, 4.69) is 0 Å². The number of ketones is 2. The van der Waals surface area contributed by atoms with E-state index in [4.69, 9.17) is 28.4 Å². The summed E-state index contributed by atoms with van der Waals surface area (Å²) in [4.78, 5) is 73.6. The highest BCUT2D eigenvalue weighted by atomic mass is 16.7. The monoisotopic (exact) mass is 550 g/mol. The van der Waals surface area contributed by atoms with Gasteiger partial charge in [0.25, 0.3) is 0 Å². The van der Waals surface area contributed by atoms with Gasteiger partial charge in [0.15, 0.2) is 23.8 Å². The van der Waals surface area contributed by atoms with Gasteiger partial charge in [0.1, 0.15) is 24.2 Å². The summed E-state index contributed by atoms with van der Waals surface area (Å²) in [5, 5.41) is 20.4. The minimum Gasteiger partial charge on any atom is -0.507 e. The smallest absolute Gasteiger partial charge is 0.303 e. The van der Waals surface area contributed by atoms with Crippen LogP contribution in [0.5, 0.6) is 11.5 Å². The molecule has 0 aromatic heterocycles. The zero-order valence-electron chi connectivity index (χ0n) is 21.5. The van der Waals surface area contributed by atoms with E-state index in [9.17, 15) is 39.0 Å². The Labute approximate surface area is 221 Å². The molecule has 1 aliphatic carbocycles. The van der Waals surface area contributed by atoms with Crippen molar-refractivity contribution in [1.29, 1.82) is 0 Å². The highest BCUT2D eigenvalue weighted by Crippen LogP contribution is 2.39. The van der Waals surface area contributed by atoms with Crippen molar-refractivity contribution in [3.8, 4) is 11.5 Å². The van der Waals surface area contributed by atoms with Crippen molar-refractivity contribution in [3.05, 3.63) is 34.6 Å². The molecule has 3 rings (SSSR count). The molecule has 1 saturated heterocycles. The summed E-state index contributed by atoms with van der Waals surface area (Å²) in [6.07, 6.45) is -7.84. The van der Waals surface area contributed by atoms with Crippen LogP contribution in [0.15, 0.2) is 23.5 Å². The molecule has 5 atom stereocenters. The van der Waals surface area contributed by atoms with E-state index >= 15 is 0 Å². The Hall–Kier alpha value is -4.46. The average Bonchev–Trinajstić information content (AvgIpc) is 2.83. The molecule has 0 amide bonds. The third kappa shape index (κ3) is 6.17. The molecule has 1 unspecified atom stereocenters. The van der Waals surface area contributed by atoms with Gasteiger partial charge in [-0.15, -0.1) is 0 Å². The number of ether oxygens (including phenoxy) is 6. The lowest BCUT2D eigenvalue weighted by atomic mass is 9.87. The second-order valence-electron chi connectivity index (χ2n) is 8.65. The van der Waals surface area contributed by atoms with Crippen LogP contribution in [0, 0.1) is 0 Å². The summed E-state index contributed by atoms with van der Waals surface area (Å²) >= 11 is 0. The molecular weight excluding hydrogens is 524 g/mol. The number of hydrogen-bond acceptors (Lipinski definition) is 14. The molecule has 14 heteroatoms. The molecule has 1 aromatic carbocycles. The minimum atomic E-state index is -1.78. The summed E-state index contributed by atoms with van der Waals surface area (Å²) < 4.78 is 32.4. The van der Waals surface area contributed by atoms with Crippen LogP contribution in [-0.4, -0.2) is 83.0 Å². The third-order valence-electron chi connectivity index (χ3n) is 5.69. The molecule has 39 heavy (non-hydrogen) atoms. The molecule has 1 aliphatic heterocycles. The molecular formula is C25H26O14. The van der Waals surface area contributed by atoms with E-state index in [1.54, 1.807) is 0 Å². The van der Waals surface area contributed by atoms with E-state index < -0.39 is 101 Å². The number of fused-ring (bicyclic) bond motifs is 1. The zero-order chi connectivity index (χ0) is 29.2. The fraction of sp³-hybridized carbons (Fsp3) is 0.440. The van der Waals surface area contributed by atoms with E-state index in [0.717, 1.165) is 39.8 Å². The lowest BCUT2D eigenvalue weighted by Crippen LogP contribution is -2.63. The Balaban J connectivity index is 2.10. The van der Waals surface area contributed by atoms with Crippen LogP contribution in [0.1, 0.15) is 55.3 Å². The minimum absolute atomic E-state index is 0.291. The van der Waals surface area contributed by atoms with E-state index in [1.165, 1.54) is 6.92 Å². The largest absolute Gasteiger partial charge is 0.507 e. The molecule has 1 fully saturated rings. The molecule has 210 valence electrons. The van der Waals surface area contributed by atoms with Crippen molar-refractivity contribution in [2.45, 2.75) is 65.3 Å². The van der Waals surface area contributed by atoms with Crippen LogP contribution in [0.4, 0.5) is 0 Å². The van der Waals surface area contributed by atoms with Gasteiger partial charge in [0.2, 0.25) is 18.2 Å². The Morgan fingerprint density at radius 1 is 0.769 bits per heavy atom. The number of benzene rings is 1. The van der Waals surface area contributed by atoms with Crippen LogP contribution < -0.4 is 0 Å². The normalized spacial score (nSPS) is 24.4. The molecule has 0 saturated carbocycles. The number of rotatable bonds is 7. The molecule has 14 nitrogen and oxygen atoms in total. The Morgan fingerprint density at radius 2 is 1.26 bits per heavy atom. The molecule has 0 bridgehead atoms. The predicted octanol–water partition coefficient (Wildman–Crippen LogP) is 0.850. The first-order valence-electron chi connectivity index (χ1n) is 11.5. The van der Waals surface area contributed by atoms with Gasteiger partial charge in [-0.2, -0.15) is 0 Å². The Bertz CT molecular complexity index is 1260. The quantitative estimate of drug-likeness (QED) is 0.275. The fourth-order valence-corrected chi connectivity index (χ4v) is 4.16. The second kappa shape index (κ2) is 11.5. The number of allylic oxidation sites excluding steroid dienone is 2. The number of carbonyl (C=O) groups is 6. The number of hydrogen-bond donors (Lipinski definition) is 2. The Morgan fingerprint density at radius 3 is 1.77 bits per heavy atom. The van der Waals surface area contributed by atoms with Gasteiger partial charge in [0, 0.05) is 33.3 Å². The summed E-state index contributed by atoms with van der Waals surface area (Å²) in [6.45, 7) is 4.88. The van der Waals surface area contributed by atoms with Gasteiger partial charge in [-0.3, -0.25) is 28.8 Å². The van der Waals surface area contributed by atoms with Crippen LogP contribution in [-0.2, 0) is 47.6 Å². The lowest BCUT2D eigenvalue weighted by Gasteiger charge is -2.44. The molecule has 1 aromatic rings. The lowest BCUT2D eigenvalue weighted by molar-refractivity contribution is -0.299.